The second kappa shape index (κ2) is 6.81. The van der Waals surface area contributed by atoms with Crippen molar-refractivity contribution in [2.45, 2.75) is 19.8 Å². The molecule has 0 unspecified atom stereocenters. The topological polar surface area (TPSA) is 66.4 Å². The number of hydrogen-bond acceptors (Lipinski definition) is 3. The van der Waals surface area contributed by atoms with Crippen LogP contribution in [0.1, 0.15) is 28.8 Å². The zero-order chi connectivity index (χ0) is 12.7. The summed E-state index contributed by atoms with van der Waals surface area (Å²) >= 11 is 0. The minimum Gasteiger partial charge on any atom is -0.396 e. The third-order valence-electron chi connectivity index (χ3n) is 2.34. The first kappa shape index (κ1) is 13.4. The maximum atomic E-state index is 11.7. The van der Waals surface area contributed by atoms with Gasteiger partial charge in [-0.2, -0.15) is 0 Å². The van der Waals surface area contributed by atoms with Gasteiger partial charge in [-0.15, -0.1) is 0 Å². The first-order chi connectivity index (χ1) is 8.13. The second-order valence-electron chi connectivity index (χ2n) is 3.92. The maximum absolute atomic E-state index is 11.7. The summed E-state index contributed by atoms with van der Waals surface area (Å²) < 4.78 is 0. The molecule has 4 heteroatoms. The molecule has 1 aromatic rings. The highest BCUT2D eigenvalue weighted by atomic mass is 16.3. The Bertz CT molecular complexity index is 401. The van der Waals surface area contributed by atoms with Crippen LogP contribution in [0.2, 0.25) is 0 Å². The molecule has 2 N–H and O–H groups in total. The number of benzene rings is 1. The normalized spacial score (nSPS) is 10.0. The lowest BCUT2D eigenvalue weighted by Gasteiger charge is -2.05. The van der Waals surface area contributed by atoms with Crippen LogP contribution in [0.15, 0.2) is 24.3 Å². The van der Waals surface area contributed by atoms with Crippen molar-refractivity contribution in [3.8, 4) is 0 Å². The van der Waals surface area contributed by atoms with E-state index in [0.717, 1.165) is 5.56 Å². The second-order valence-corrected chi connectivity index (χ2v) is 3.92. The molecule has 0 aliphatic carbocycles. The Hall–Kier alpha value is -1.68. The third-order valence-corrected chi connectivity index (χ3v) is 2.34. The summed E-state index contributed by atoms with van der Waals surface area (Å²) in [5.74, 6) is -0.314. The Labute approximate surface area is 101 Å². The van der Waals surface area contributed by atoms with Crippen LogP contribution in [-0.4, -0.2) is 29.9 Å². The summed E-state index contributed by atoms with van der Waals surface area (Å²) in [6, 6.07) is 7.19. The highest BCUT2D eigenvalue weighted by Crippen LogP contribution is 2.03. The Morgan fingerprint density at radius 2 is 2.12 bits per heavy atom. The Kier molecular flexibility index (Phi) is 5.36. The molecule has 0 heterocycles. The van der Waals surface area contributed by atoms with Gasteiger partial charge in [0.15, 0.2) is 5.78 Å². The SMILES string of the molecule is Cc1cccc(C(=O)NCC(=O)CCCO)c1. The van der Waals surface area contributed by atoms with E-state index in [4.69, 9.17) is 5.11 Å². The average molecular weight is 235 g/mol. The van der Waals surface area contributed by atoms with Crippen LogP contribution in [0.4, 0.5) is 0 Å². The van der Waals surface area contributed by atoms with Gasteiger partial charge in [-0.25, -0.2) is 0 Å². The average Bonchev–Trinajstić information content (AvgIpc) is 2.33. The zero-order valence-corrected chi connectivity index (χ0v) is 9.90. The molecule has 0 saturated heterocycles. The first-order valence-electron chi connectivity index (χ1n) is 5.61. The number of carbonyl (C=O) groups excluding carboxylic acids is 2. The lowest BCUT2D eigenvalue weighted by atomic mass is 10.1. The molecule has 17 heavy (non-hydrogen) atoms. The summed E-state index contributed by atoms with van der Waals surface area (Å²) in [6.45, 7) is 1.92. The fraction of sp³-hybridized carbons (Fsp3) is 0.385. The van der Waals surface area contributed by atoms with Crippen molar-refractivity contribution in [1.82, 2.24) is 5.32 Å². The lowest BCUT2D eigenvalue weighted by Crippen LogP contribution is -2.29. The smallest absolute Gasteiger partial charge is 0.251 e. The number of rotatable bonds is 6. The van der Waals surface area contributed by atoms with Crippen LogP contribution in [0.5, 0.6) is 0 Å². The molecule has 1 amide bonds. The predicted molar refractivity (Wildman–Crippen MR) is 64.8 cm³/mol. The molecule has 1 rings (SSSR count). The van der Waals surface area contributed by atoms with E-state index in [1.54, 1.807) is 18.2 Å². The van der Waals surface area contributed by atoms with Crippen LogP contribution >= 0.6 is 0 Å². The molecule has 92 valence electrons. The van der Waals surface area contributed by atoms with E-state index in [-0.39, 0.29) is 24.8 Å². The van der Waals surface area contributed by atoms with Gasteiger partial charge in [0, 0.05) is 18.6 Å². The Morgan fingerprint density at radius 1 is 1.35 bits per heavy atom. The van der Waals surface area contributed by atoms with Gasteiger partial charge in [0.2, 0.25) is 0 Å². The van der Waals surface area contributed by atoms with Crippen molar-refractivity contribution in [1.29, 1.82) is 0 Å². The molecule has 0 aliphatic rings. The van der Waals surface area contributed by atoms with Crippen molar-refractivity contribution < 1.29 is 14.7 Å². The van der Waals surface area contributed by atoms with Crippen LogP contribution in [-0.2, 0) is 4.79 Å². The van der Waals surface area contributed by atoms with Gasteiger partial charge >= 0.3 is 0 Å². The molecule has 0 fully saturated rings. The fourth-order valence-electron chi connectivity index (χ4n) is 1.43. The van der Waals surface area contributed by atoms with Gasteiger partial charge in [-0.3, -0.25) is 9.59 Å². The Balaban J connectivity index is 2.42. The number of hydrogen-bond donors (Lipinski definition) is 2. The molecule has 0 atom stereocenters. The molecular formula is C13H17NO3. The van der Waals surface area contributed by atoms with Gasteiger partial charge < -0.3 is 10.4 Å². The van der Waals surface area contributed by atoms with Crippen molar-refractivity contribution >= 4 is 11.7 Å². The van der Waals surface area contributed by atoms with Crippen molar-refractivity contribution in [2.75, 3.05) is 13.2 Å². The summed E-state index contributed by atoms with van der Waals surface area (Å²) in [7, 11) is 0. The quantitative estimate of drug-likeness (QED) is 0.775. The summed E-state index contributed by atoms with van der Waals surface area (Å²) in [4.78, 5) is 22.9. The molecule has 4 nitrogen and oxygen atoms in total. The van der Waals surface area contributed by atoms with Gasteiger partial charge in [0.25, 0.3) is 5.91 Å². The van der Waals surface area contributed by atoms with Crippen molar-refractivity contribution in [2.24, 2.45) is 0 Å². The van der Waals surface area contributed by atoms with Crippen LogP contribution in [0.25, 0.3) is 0 Å². The van der Waals surface area contributed by atoms with Gasteiger partial charge in [-0.05, 0) is 25.5 Å². The fourth-order valence-corrected chi connectivity index (χ4v) is 1.43. The highest BCUT2D eigenvalue weighted by molar-refractivity contribution is 5.96. The van der Waals surface area contributed by atoms with Crippen molar-refractivity contribution in [3.05, 3.63) is 35.4 Å². The van der Waals surface area contributed by atoms with Gasteiger partial charge in [0.05, 0.1) is 6.54 Å². The molecule has 0 saturated carbocycles. The number of aliphatic hydroxyl groups excluding tert-OH is 1. The summed E-state index contributed by atoms with van der Waals surface area (Å²) in [5.41, 5.74) is 1.56. The monoisotopic (exact) mass is 235 g/mol. The van der Waals surface area contributed by atoms with Crippen LogP contribution < -0.4 is 5.32 Å². The van der Waals surface area contributed by atoms with Gasteiger partial charge in [0.1, 0.15) is 0 Å². The van der Waals surface area contributed by atoms with E-state index in [1.165, 1.54) is 0 Å². The lowest BCUT2D eigenvalue weighted by molar-refractivity contribution is -0.118. The van der Waals surface area contributed by atoms with E-state index in [1.807, 2.05) is 13.0 Å². The number of aryl methyl sites for hydroxylation is 1. The molecule has 0 bridgehead atoms. The van der Waals surface area contributed by atoms with E-state index >= 15 is 0 Å². The molecule has 1 aromatic carbocycles. The van der Waals surface area contributed by atoms with E-state index in [9.17, 15) is 9.59 Å². The first-order valence-corrected chi connectivity index (χ1v) is 5.61. The highest BCUT2D eigenvalue weighted by Gasteiger charge is 2.07. The van der Waals surface area contributed by atoms with E-state index < -0.39 is 0 Å². The van der Waals surface area contributed by atoms with E-state index in [0.29, 0.717) is 18.4 Å². The molecule has 0 spiro atoms. The molecule has 0 radical (unpaired) electrons. The van der Waals surface area contributed by atoms with Crippen LogP contribution in [0, 0.1) is 6.92 Å². The Morgan fingerprint density at radius 3 is 2.76 bits per heavy atom. The van der Waals surface area contributed by atoms with Gasteiger partial charge in [-0.1, -0.05) is 17.7 Å². The van der Waals surface area contributed by atoms with E-state index in [2.05, 4.69) is 5.32 Å². The predicted octanol–water partition coefficient (Wildman–Crippen LogP) is 1.07. The maximum Gasteiger partial charge on any atom is 0.251 e. The third kappa shape index (κ3) is 4.78. The van der Waals surface area contributed by atoms with Crippen molar-refractivity contribution in [3.63, 3.8) is 0 Å². The summed E-state index contributed by atoms with van der Waals surface area (Å²) in [5, 5.41) is 11.1. The minimum absolute atomic E-state index is 0.00241. The number of aliphatic hydroxyl groups is 1. The summed E-state index contributed by atoms with van der Waals surface area (Å²) in [6.07, 6.45) is 0.740. The number of nitrogens with one attached hydrogen (secondary N) is 1. The molecular weight excluding hydrogens is 218 g/mol. The standard InChI is InChI=1S/C13H17NO3/c1-10-4-2-5-11(8-10)13(17)14-9-12(16)6-3-7-15/h2,4-5,8,15H,3,6-7,9H2,1H3,(H,14,17). The molecule has 0 aromatic heterocycles. The number of amides is 1. The number of ketones is 1. The number of Topliss-reactive ketones (excluding diaryl/α,β-unsaturated/α-hetero) is 1. The number of carbonyl (C=O) groups is 2. The largest absolute Gasteiger partial charge is 0.396 e. The minimum atomic E-state index is -0.244. The molecule has 0 aliphatic heterocycles. The van der Waals surface area contributed by atoms with Crippen LogP contribution in [0.3, 0.4) is 0 Å². The zero-order valence-electron chi connectivity index (χ0n) is 9.90.